The summed E-state index contributed by atoms with van der Waals surface area (Å²) < 4.78 is 5.02. The molecule has 0 saturated carbocycles. The number of rotatable bonds is 6. The molecule has 6 nitrogen and oxygen atoms in total. The summed E-state index contributed by atoms with van der Waals surface area (Å²) in [6, 6.07) is 0. The van der Waals surface area contributed by atoms with Gasteiger partial charge in [0.25, 0.3) is 0 Å². The van der Waals surface area contributed by atoms with Crippen molar-refractivity contribution in [3.63, 3.8) is 0 Å². The molecule has 0 saturated heterocycles. The highest BCUT2D eigenvalue weighted by Gasteiger charge is 2.10. The van der Waals surface area contributed by atoms with Crippen LogP contribution in [0.5, 0.6) is 0 Å². The van der Waals surface area contributed by atoms with Crippen molar-refractivity contribution in [1.82, 2.24) is 15.8 Å². The third-order valence-corrected chi connectivity index (χ3v) is 2.60. The minimum atomic E-state index is -0.0972. The Labute approximate surface area is 106 Å². The lowest BCUT2D eigenvalue weighted by atomic mass is 10.1. The summed E-state index contributed by atoms with van der Waals surface area (Å²) in [5.41, 5.74) is 1.82. The van der Waals surface area contributed by atoms with E-state index in [4.69, 9.17) is 4.52 Å². The van der Waals surface area contributed by atoms with Gasteiger partial charge < -0.3 is 15.2 Å². The maximum Gasteiger partial charge on any atom is 0.220 e. The Morgan fingerprint density at radius 3 is 2.44 bits per heavy atom. The van der Waals surface area contributed by atoms with Crippen molar-refractivity contribution in [1.29, 1.82) is 0 Å². The van der Waals surface area contributed by atoms with Crippen LogP contribution in [0.15, 0.2) is 4.52 Å². The molecule has 0 unspecified atom stereocenters. The van der Waals surface area contributed by atoms with E-state index in [-0.39, 0.29) is 11.8 Å². The number of amides is 2. The average molecular weight is 253 g/mol. The zero-order valence-corrected chi connectivity index (χ0v) is 11.0. The zero-order chi connectivity index (χ0) is 13.5. The van der Waals surface area contributed by atoms with E-state index < -0.39 is 0 Å². The fourth-order valence-corrected chi connectivity index (χ4v) is 1.63. The summed E-state index contributed by atoms with van der Waals surface area (Å²) in [7, 11) is 0. The molecule has 0 bridgehead atoms. The number of hydrogen-bond acceptors (Lipinski definition) is 4. The monoisotopic (exact) mass is 253 g/mol. The van der Waals surface area contributed by atoms with Gasteiger partial charge in [0.05, 0.1) is 5.69 Å². The third kappa shape index (κ3) is 4.57. The van der Waals surface area contributed by atoms with Gasteiger partial charge in [0.1, 0.15) is 5.76 Å². The van der Waals surface area contributed by atoms with Crippen molar-refractivity contribution in [2.24, 2.45) is 0 Å². The first-order valence-corrected chi connectivity index (χ1v) is 5.93. The summed E-state index contributed by atoms with van der Waals surface area (Å²) >= 11 is 0. The SMILES string of the molecule is CC(=O)NCCNC(=O)CCc1c(C)noc1C. The van der Waals surface area contributed by atoms with Crippen molar-refractivity contribution >= 4 is 11.8 Å². The van der Waals surface area contributed by atoms with E-state index in [2.05, 4.69) is 15.8 Å². The highest BCUT2D eigenvalue weighted by molar-refractivity contribution is 5.76. The molecule has 0 atom stereocenters. The molecule has 1 heterocycles. The van der Waals surface area contributed by atoms with Crippen LogP contribution in [0.3, 0.4) is 0 Å². The summed E-state index contributed by atoms with van der Waals surface area (Å²) in [6.07, 6.45) is 1.01. The quantitative estimate of drug-likeness (QED) is 0.722. The lowest BCUT2D eigenvalue weighted by molar-refractivity contribution is -0.122. The summed E-state index contributed by atoms with van der Waals surface area (Å²) in [4.78, 5) is 22.1. The topological polar surface area (TPSA) is 84.2 Å². The van der Waals surface area contributed by atoms with E-state index in [0.29, 0.717) is 25.9 Å². The predicted molar refractivity (Wildman–Crippen MR) is 66.0 cm³/mol. The van der Waals surface area contributed by atoms with Crippen molar-refractivity contribution in [2.45, 2.75) is 33.6 Å². The van der Waals surface area contributed by atoms with Gasteiger partial charge in [-0.05, 0) is 20.3 Å². The number of aryl methyl sites for hydroxylation is 2. The second kappa shape index (κ2) is 6.78. The minimum Gasteiger partial charge on any atom is -0.361 e. The molecule has 18 heavy (non-hydrogen) atoms. The number of nitrogens with one attached hydrogen (secondary N) is 2. The second-order valence-corrected chi connectivity index (χ2v) is 4.14. The lowest BCUT2D eigenvalue weighted by Gasteiger charge is -2.05. The fraction of sp³-hybridized carbons (Fsp3) is 0.583. The molecule has 2 amide bonds. The third-order valence-electron chi connectivity index (χ3n) is 2.60. The molecule has 0 aliphatic rings. The average Bonchev–Trinajstić information content (AvgIpc) is 2.62. The van der Waals surface area contributed by atoms with Crippen LogP contribution in [0.4, 0.5) is 0 Å². The number of hydrogen-bond donors (Lipinski definition) is 2. The molecule has 1 rings (SSSR count). The molecule has 0 spiro atoms. The molecular weight excluding hydrogens is 234 g/mol. The largest absolute Gasteiger partial charge is 0.361 e. The molecule has 0 aliphatic heterocycles. The number of aromatic nitrogens is 1. The second-order valence-electron chi connectivity index (χ2n) is 4.14. The van der Waals surface area contributed by atoms with Crippen LogP contribution in [0, 0.1) is 13.8 Å². The van der Waals surface area contributed by atoms with Gasteiger partial charge >= 0.3 is 0 Å². The molecule has 0 radical (unpaired) electrons. The Balaban J connectivity index is 2.23. The molecule has 1 aromatic heterocycles. The van der Waals surface area contributed by atoms with Gasteiger partial charge in [0.2, 0.25) is 11.8 Å². The highest BCUT2D eigenvalue weighted by atomic mass is 16.5. The highest BCUT2D eigenvalue weighted by Crippen LogP contribution is 2.13. The van der Waals surface area contributed by atoms with Crippen LogP contribution < -0.4 is 10.6 Å². The Hall–Kier alpha value is -1.85. The van der Waals surface area contributed by atoms with Gasteiger partial charge in [-0.1, -0.05) is 5.16 Å². The predicted octanol–water partition coefficient (Wildman–Crippen LogP) is 0.476. The zero-order valence-electron chi connectivity index (χ0n) is 11.0. The Morgan fingerprint density at radius 1 is 1.22 bits per heavy atom. The van der Waals surface area contributed by atoms with Gasteiger partial charge in [-0.2, -0.15) is 0 Å². The first kappa shape index (κ1) is 14.2. The number of nitrogens with zero attached hydrogens (tertiary/aromatic N) is 1. The smallest absolute Gasteiger partial charge is 0.220 e. The minimum absolute atomic E-state index is 0.0413. The van der Waals surface area contributed by atoms with E-state index in [9.17, 15) is 9.59 Å². The van der Waals surface area contributed by atoms with Crippen LogP contribution in [-0.4, -0.2) is 30.1 Å². The molecule has 1 aromatic rings. The van der Waals surface area contributed by atoms with Crippen LogP contribution in [-0.2, 0) is 16.0 Å². The van der Waals surface area contributed by atoms with Crippen molar-refractivity contribution in [3.05, 3.63) is 17.0 Å². The Bertz CT molecular complexity index is 407. The van der Waals surface area contributed by atoms with Crippen LogP contribution in [0.25, 0.3) is 0 Å². The van der Waals surface area contributed by atoms with Gasteiger partial charge in [0.15, 0.2) is 0 Å². The summed E-state index contributed by atoms with van der Waals surface area (Å²) in [5, 5.41) is 9.18. The van der Waals surface area contributed by atoms with Gasteiger partial charge in [-0.3, -0.25) is 9.59 Å². The van der Waals surface area contributed by atoms with E-state index >= 15 is 0 Å². The van der Waals surface area contributed by atoms with E-state index in [1.165, 1.54) is 6.92 Å². The lowest BCUT2D eigenvalue weighted by Crippen LogP contribution is -2.33. The first-order chi connectivity index (χ1) is 8.50. The van der Waals surface area contributed by atoms with Crippen molar-refractivity contribution < 1.29 is 14.1 Å². The molecule has 0 aromatic carbocycles. The Kier molecular flexibility index (Phi) is 5.35. The molecule has 0 fully saturated rings. The van der Waals surface area contributed by atoms with Gasteiger partial charge in [0, 0.05) is 32.0 Å². The normalized spacial score (nSPS) is 10.2. The van der Waals surface area contributed by atoms with Crippen molar-refractivity contribution in [2.75, 3.05) is 13.1 Å². The summed E-state index contributed by atoms with van der Waals surface area (Å²) in [5.74, 6) is 0.624. The molecular formula is C12H19N3O3. The maximum atomic E-state index is 11.5. The van der Waals surface area contributed by atoms with E-state index in [0.717, 1.165) is 17.0 Å². The van der Waals surface area contributed by atoms with E-state index in [1.54, 1.807) is 0 Å². The van der Waals surface area contributed by atoms with Gasteiger partial charge in [-0.25, -0.2) is 0 Å². The standard InChI is InChI=1S/C12H19N3O3/c1-8-11(9(2)18-15-8)4-5-12(17)14-7-6-13-10(3)16/h4-7H2,1-3H3,(H,13,16)(H,14,17). The molecule has 2 N–H and O–H groups in total. The van der Waals surface area contributed by atoms with E-state index in [1.807, 2.05) is 13.8 Å². The fourth-order valence-electron chi connectivity index (χ4n) is 1.63. The van der Waals surface area contributed by atoms with Crippen LogP contribution >= 0.6 is 0 Å². The molecule has 0 aliphatic carbocycles. The molecule has 6 heteroatoms. The number of carbonyl (C=O) groups is 2. The maximum absolute atomic E-state index is 11.5. The molecule has 100 valence electrons. The van der Waals surface area contributed by atoms with Crippen molar-refractivity contribution in [3.8, 4) is 0 Å². The number of carbonyl (C=O) groups excluding carboxylic acids is 2. The van der Waals surface area contributed by atoms with Gasteiger partial charge in [-0.15, -0.1) is 0 Å². The van der Waals surface area contributed by atoms with Crippen LogP contribution in [0.1, 0.15) is 30.4 Å². The summed E-state index contributed by atoms with van der Waals surface area (Å²) in [6.45, 7) is 6.04. The Morgan fingerprint density at radius 2 is 1.89 bits per heavy atom. The first-order valence-electron chi connectivity index (χ1n) is 5.93. The van der Waals surface area contributed by atoms with Crippen LogP contribution in [0.2, 0.25) is 0 Å².